The van der Waals surface area contributed by atoms with E-state index in [1.165, 1.54) is 0 Å². The number of hydrogen-bond donors (Lipinski definition) is 2. The molecule has 1 aliphatic heterocycles. The van der Waals surface area contributed by atoms with Gasteiger partial charge in [0, 0.05) is 33.4 Å². The molecular formula is C15H32IN3O2. The average Bonchev–Trinajstić information content (AvgIpc) is 2.88. The van der Waals surface area contributed by atoms with Gasteiger partial charge in [0.05, 0.1) is 12.7 Å². The molecule has 21 heavy (non-hydrogen) atoms. The molecule has 1 fully saturated rings. The molecule has 2 N–H and O–H groups in total. The van der Waals surface area contributed by atoms with Gasteiger partial charge in [-0.25, -0.2) is 0 Å². The molecule has 1 rings (SSSR count). The number of nitrogens with zero attached hydrogens (tertiary/aromatic N) is 1. The Kier molecular flexibility index (Phi) is 11.4. The third-order valence-corrected chi connectivity index (χ3v) is 3.25. The van der Waals surface area contributed by atoms with Crippen molar-refractivity contribution in [3.63, 3.8) is 0 Å². The fourth-order valence-electron chi connectivity index (χ4n) is 1.95. The molecule has 0 spiro atoms. The molecule has 0 aromatic rings. The molecule has 1 unspecified atom stereocenters. The van der Waals surface area contributed by atoms with Gasteiger partial charge in [0.1, 0.15) is 0 Å². The van der Waals surface area contributed by atoms with Crippen molar-refractivity contribution in [3.8, 4) is 0 Å². The van der Waals surface area contributed by atoms with Gasteiger partial charge in [0.2, 0.25) is 0 Å². The highest BCUT2D eigenvalue weighted by Gasteiger charge is 2.15. The fraction of sp³-hybridized carbons (Fsp3) is 0.933. The largest absolute Gasteiger partial charge is 0.379 e. The van der Waals surface area contributed by atoms with E-state index in [1.807, 2.05) is 0 Å². The van der Waals surface area contributed by atoms with Crippen LogP contribution in [0.3, 0.4) is 0 Å². The van der Waals surface area contributed by atoms with Crippen LogP contribution in [0.1, 0.15) is 40.0 Å². The minimum Gasteiger partial charge on any atom is -0.379 e. The van der Waals surface area contributed by atoms with Crippen molar-refractivity contribution in [2.75, 3.05) is 40.0 Å². The van der Waals surface area contributed by atoms with Gasteiger partial charge in [0.15, 0.2) is 5.96 Å². The lowest BCUT2D eigenvalue weighted by atomic mass is 9.92. The Bertz CT molecular complexity index is 287. The van der Waals surface area contributed by atoms with E-state index >= 15 is 0 Å². The summed E-state index contributed by atoms with van der Waals surface area (Å²) < 4.78 is 11.0. The maximum Gasteiger partial charge on any atom is 0.190 e. The molecule has 0 aliphatic carbocycles. The summed E-state index contributed by atoms with van der Waals surface area (Å²) >= 11 is 0. The van der Waals surface area contributed by atoms with Crippen LogP contribution in [0, 0.1) is 5.41 Å². The molecule has 1 saturated heterocycles. The van der Waals surface area contributed by atoms with Crippen molar-refractivity contribution in [2.24, 2.45) is 10.4 Å². The zero-order valence-electron chi connectivity index (χ0n) is 13.9. The molecule has 0 aromatic carbocycles. The number of hydrogen-bond acceptors (Lipinski definition) is 3. The van der Waals surface area contributed by atoms with E-state index in [0.717, 1.165) is 58.1 Å². The average molecular weight is 413 g/mol. The second kappa shape index (κ2) is 11.5. The Morgan fingerprint density at radius 1 is 1.29 bits per heavy atom. The predicted molar refractivity (Wildman–Crippen MR) is 98.6 cm³/mol. The minimum absolute atomic E-state index is 0. The zero-order chi connectivity index (χ0) is 14.8. The van der Waals surface area contributed by atoms with Gasteiger partial charge < -0.3 is 20.1 Å². The van der Waals surface area contributed by atoms with Crippen molar-refractivity contribution < 1.29 is 9.47 Å². The molecule has 0 bridgehead atoms. The summed E-state index contributed by atoms with van der Waals surface area (Å²) in [6.07, 6.45) is 3.44. The number of rotatable bonds is 7. The Labute approximate surface area is 146 Å². The van der Waals surface area contributed by atoms with E-state index in [9.17, 15) is 0 Å². The zero-order valence-corrected chi connectivity index (χ0v) is 16.2. The first-order valence-corrected chi connectivity index (χ1v) is 7.65. The van der Waals surface area contributed by atoms with E-state index in [2.05, 4.69) is 36.4 Å². The summed E-state index contributed by atoms with van der Waals surface area (Å²) in [5.74, 6) is 0.874. The summed E-state index contributed by atoms with van der Waals surface area (Å²) in [4.78, 5) is 4.22. The number of aliphatic imine (C=N–C) groups is 1. The van der Waals surface area contributed by atoms with Crippen molar-refractivity contribution in [2.45, 2.75) is 46.1 Å². The van der Waals surface area contributed by atoms with Gasteiger partial charge in [-0.15, -0.1) is 24.0 Å². The lowest BCUT2D eigenvalue weighted by molar-refractivity contribution is 0.0420. The Morgan fingerprint density at radius 2 is 2.00 bits per heavy atom. The monoisotopic (exact) mass is 413 g/mol. The van der Waals surface area contributed by atoms with Gasteiger partial charge in [-0.1, -0.05) is 20.8 Å². The van der Waals surface area contributed by atoms with Crippen LogP contribution in [0.25, 0.3) is 0 Å². The number of halogens is 1. The lowest BCUT2D eigenvalue weighted by Gasteiger charge is -2.19. The molecule has 0 aromatic heterocycles. The van der Waals surface area contributed by atoms with Crippen LogP contribution >= 0.6 is 24.0 Å². The minimum atomic E-state index is 0. The SMILES string of the molecule is CN=C(NCCCOC1CCOC1)NCCC(C)(C)C.I. The van der Waals surface area contributed by atoms with Crippen molar-refractivity contribution in [1.82, 2.24) is 10.6 Å². The lowest BCUT2D eigenvalue weighted by Crippen LogP contribution is -2.39. The van der Waals surface area contributed by atoms with E-state index < -0.39 is 0 Å². The standard InChI is InChI=1S/C15H31N3O2.HI/c1-15(2,3)7-9-18-14(16-4)17-8-5-10-20-13-6-11-19-12-13;/h13H,5-12H2,1-4H3,(H2,16,17,18);1H. The molecule has 0 radical (unpaired) electrons. The highest BCUT2D eigenvalue weighted by Crippen LogP contribution is 2.16. The summed E-state index contributed by atoms with van der Waals surface area (Å²) in [5.41, 5.74) is 0.350. The second-order valence-corrected chi connectivity index (χ2v) is 6.45. The maximum absolute atomic E-state index is 5.72. The second-order valence-electron chi connectivity index (χ2n) is 6.45. The molecule has 126 valence electrons. The summed E-state index contributed by atoms with van der Waals surface area (Å²) in [5, 5.41) is 6.64. The highest BCUT2D eigenvalue weighted by atomic mass is 127. The molecule has 1 atom stereocenters. The van der Waals surface area contributed by atoms with Crippen molar-refractivity contribution in [1.29, 1.82) is 0 Å². The van der Waals surface area contributed by atoms with Crippen LogP contribution in [0.15, 0.2) is 4.99 Å². The van der Waals surface area contributed by atoms with Crippen molar-refractivity contribution >= 4 is 29.9 Å². The van der Waals surface area contributed by atoms with Crippen molar-refractivity contribution in [3.05, 3.63) is 0 Å². The van der Waals surface area contributed by atoms with Gasteiger partial charge >= 0.3 is 0 Å². The van der Waals surface area contributed by atoms with E-state index in [0.29, 0.717) is 11.5 Å². The van der Waals surface area contributed by atoms with Crippen LogP contribution in [-0.2, 0) is 9.47 Å². The van der Waals surface area contributed by atoms with E-state index in [4.69, 9.17) is 9.47 Å². The quantitative estimate of drug-likeness (QED) is 0.291. The van der Waals surface area contributed by atoms with Gasteiger partial charge in [0.25, 0.3) is 0 Å². The summed E-state index contributed by atoms with van der Waals surface area (Å²) in [7, 11) is 1.80. The summed E-state index contributed by atoms with van der Waals surface area (Å²) in [6.45, 7) is 10.9. The molecule has 1 aliphatic rings. The Balaban J connectivity index is 0.00000400. The first-order chi connectivity index (χ1) is 9.51. The molecule has 5 nitrogen and oxygen atoms in total. The van der Waals surface area contributed by atoms with Crippen LogP contribution in [0.2, 0.25) is 0 Å². The van der Waals surface area contributed by atoms with Gasteiger partial charge in [-0.3, -0.25) is 4.99 Å². The van der Waals surface area contributed by atoms with Crippen LogP contribution in [0.4, 0.5) is 0 Å². The number of ether oxygens (including phenoxy) is 2. The van der Waals surface area contributed by atoms with E-state index in [1.54, 1.807) is 7.05 Å². The van der Waals surface area contributed by atoms with Gasteiger partial charge in [-0.05, 0) is 24.7 Å². The summed E-state index contributed by atoms with van der Waals surface area (Å²) in [6, 6.07) is 0. The first-order valence-electron chi connectivity index (χ1n) is 7.65. The number of nitrogens with one attached hydrogen (secondary N) is 2. The molecule has 1 heterocycles. The molecule has 0 amide bonds. The highest BCUT2D eigenvalue weighted by molar-refractivity contribution is 14.0. The van der Waals surface area contributed by atoms with Crippen LogP contribution in [-0.4, -0.2) is 52.0 Å². The fourth-order valence-corrected chi connectivity index (χ4v) is 1.95. The topological polar surface area (TPSA) is 54.9 Å². The smallest absolute Gasteiger partial charge is 0.190 e. The predicted octanol–water partition coefficient (Wildman–Crippen LogP) is 2.40. The molecule has 0 saturated carbocycles. The number of guanidine groups is 1. The molecular weight excluding hydrogens is 381 g/mol. The van der Waals surface area contributed by atoms with Crippen LogP contribution < -0.4 is 10.6 Å². The Morgan fingerprint density at radius 3 is 2.57 bits per heavy atom. The van der Waals surface area contributed by atoms with E-state index in [-0.39, 0.29) is 24.0 Å². The Hall–Kier alpha value is -0.0800. The molecule has 6 heteroatoms. The first kappa shape index (κ1) is 20.9. The van der Waals surface area contributed by atoms with Crippen LogP contribution in [0.5, 0.6) is 0 Å². The third kappa shape index (κ3) is 11.2. The maximum atomic E-state index is 5.72. The van der Waals surface area contributed by atoms with Gasteiger partial charge in [-0.2, -0.15) is 0 Å². The third-order valence-electron chi connectivity index (χ3n) is 3.25. The normalized spacial score (nSPS) is 19.2.